The summed E-state index contributed by atoms with van der Waals surface area (Å²) in [4.78, 5) is 30.1. The zero-order valence-electron chi connectivity index (χ0n) is 18.4. The fourth-order valence-corrected chi connectivity index (χ4v) is 4.82. The Morgan fingerprint density at radius 2 is 1.59 bits per heavy atom. The van der Waals surface area contributed by atoms with Gasteiger partial charge in [0.2, 0.25) is 5.91 Å². The van der Waals surface area contributed by atoms with Crippen LogP contribution in [0.2, 0.25) is 0 Å². The van der Waals surface area contributed by atoms with Gasteiger partial charge in [0, 0.05) is 37.4 Å². The number of nitrogens with one attached hydrogen (secondary N) is 1. The van der Waals surface area contributed by atoms with Crippen LogP contribution in [0.1, 0.15) is 36.0 Å². The summed E-state index contributed by atoms with van der Waals surface area (Å²) in [5.74, 6) is 0.642. The Kier molecular flexibility index (Phi) is 7.05. The highest BCUT2D eigenvalue weighted by Gasteiger charge is 2.37. The van der Waals surface area contributed by atoms with Crippen molar-refractivity contribution in [2.45, 2.75) is 31.7 Å². The number of piperazine rings is 1. The first-order valence-electron chi connectivity index (χ1n) is 11.3. The lowest BCUT2D eigenvalue weighted by Crippen LogP contribution is -2.56. The smallest absolute Gasteiger partial charge is 0.253 e. The van der Waals surface area contributed by atoms with E-state index in [0.29, 0.717) is 37.7 Å². The molecule has 0 aromatic heterocycles. The molecular weight excluding hydrogens is 409 g/mol. The fraction of sp³-hybridized carbons (Fsp3) is 0.440. The molecule has 0 bridgehead atoms. The number of ether oxygens (including phenoxy) is 1. The van der Waals surface area contributed by atoms with Gasteiger partial charge in [-0.2, -0.15) is 0 Å². The molecule has 2 amide bonds. The molecule has 2 aromatic rings. The predicted molar refractivity (Wildman–Crippen MR) is 121 cm³/mol. The van der Waals surface area contributed by atoms with E-state index in [0.717, 1.165) is 37.1 Å². The van der Waals surface area contributed by atoms with Crippen molar-refractivity contribution in [1.82, 2.24) is 9.80 Å². The number of hydrogen-bond donors (Lipinski definition) is 1. The SMILES string of the molecule is COc1ccc(NC(=O)[C@@H](C2CCCC2)N2CCN(C(=O)c3ccc(F)cc3)CC2)cc1. The maximum Gasteiger partial charge on any atom is 0.253 e. The second-order valence-electron chi connectivity index (χ2n) is 8.54. The summed E-state index contributed by atoms with van der Waals surface area (Å²) in [6, 6.07) is 12.8. The van der Waals surface area contributed by atoms with Crippen LogP contribution < -0.4 is 10.1 Å². The van der Waals surface area contributed by atoms with Crippen LogP contribution in [0.3, 0.4) is 0 Å². The molecule has 2 aliphatic rings. The first-order valence-corrected chi connectivity index (χ1v) is 11.3. The van der Waals surface area contributed by atoms with Gasteiger partial charge in [0.1, 0.15) is 11.6 Å². The van der Waals surface area contributed by atoms with E-state index >= 15 is 0 Å². The summed E-state index contributed by atoms with van der Waals surface area (Å²) in [6.45, 7) is 2.39. The fourth-order valence-electron chi connectivity index (χ4n) is 4.82. The first-order chi connectivity index (χ1) is 15.5. The molecule has 2 aromatic carbocycles. The Morgan fingerprint density at radius 1 is 0.969 bits per heavy atom. The second-order valence-corrected chi connectivity index (χ2v) is 8.54. The number of methoxy groups -OCH3 is 1. The summed E-state index contributed by atoms with van der Waals surface area (Å²) in [7, 11) is 1.62. The van der Waals surface area contributed by atoms with E-state index in [2.05, 4.69) is 10.2 Å². The van der Waals surface area contributed by atoms with Gasteiger partial charge >= 0.3 is 0 Å². The second kappa shape index (κ2) is 10.1. The molecular formula is C25H30FN3O3. The maximum atomic E-state index is 13.3. The standard InChI is InChI=1S/C25H30FN3O3/c1-32-22-12-10-21(11-13-22)27-24(30)23(18-4-2-3-5-18)28-14-16-29(17-15-28)25(31)19-6-8-20(26)9-7-19/h6-13,18,23H,2-5,14-17H2,1H3,(H,27,30)/t23-/m1/s1. The van der Waals surface area contributed by atoms with Crippen molar-refractivity contribution in [2.75, 3.05) is 38.6 Å². The van der Waals surface area contributed by atoms with Gasteiger partial charge < -0.3 is 15.0 Å². The van der Waals surface area contributed by atoms with E-state index in [-0.39, 0.29) is 23.7 Å². The summed E-state index contributed by atoms with van der Waals surface area (Å²) in [5, 5.41) is 3.08. The molecule has 1 aliphatic heterocycles. The largest absolute Gasteiger partial charge is 0.497 e. The van der Waals surface area contributed by atoms with Gasteiger partial charge in [-0.1, -0.05) is 12.8 Å². The number of anilines is 1. The zero-order chi connectivity index (χ0) is 22.5. The van der Waals surface area contributed by atoms with Crippen molar-refractivity contribution < 1.29 is 18.7 Å². The lowest BCUT2D eigenvalue weighted by atomic mass is 9.94. The number of benzene rings is 2. The molecule has 2 fully saturated rings. The summed E-state index contributed by atoms with van der Waals surface area (Å²) in [5.41, 5.74) is 1.24. The van der Waals surface area contributed by atoms with Gasteiger partial charge in [0.25, 0.3) is 5.91 Å². The molecule has 1 saturated carbocycles. The molecule has 32 heavy (non-hydrogen) atoms. The van der Waals surface area contributed by atoms with Crippen LogP contribution in [-0.4, -0.2) is 60.9 Å². The quantitative estimate of drug-likeness (QED) is 0.744. The van der Waals surface area contributed by atoms with E-state index in [4.69, 9.17) is 4.74 Å². The van der Waals surface area contributed by atoms with Gasteiger partial charge in [-0.3, -0.25) is 14.5 Å². The first kappa shape index (κ1) is 22.3. The van der Waals surface area contributed by atoms with Gasteiger partial charge in [-0.05, 0) is 67.3 Å². The topological polar surface area (TPSA) is 61.9 Å². The Hall–Kier alpha value is -2.93. The van der Waals surface area contributed by atoms with E-state index in [1.165, 1.54) is 24.3 Å². The van der Waals surface area contributed by atoms with Gasteiger partial charge in [0.15, 0.2) is 0 Å². The normalized spacial score (nSPS) is 18.4. The molecule has 0 unspecified atom stereocenters. The van der Waals surface area contributed by atoms with E-state index in [9.17, 15) is 14.0 Å². The molecule has 1 aliphatic carbocycles. The highest BCUT2D eigenvalue weighted by molar-refractivity contribution is 5.95. The molecule has 4 rings (SSSR count). The minimum Gasteiger partial charge on any atom is -0.497 e. The van der Waals surface area contributed by atoms with E-state index < -0.39 is 0 Å². The minimum atomic E-state index is -0.353. The monoisotopic (exact) mass is 439 g/mol. The number of carbonyl (C=O) groups excluding carboxylic acids is 2. The summed E-state index contributed by atoms with van der Waals surface area (Å²) >= 11 is 0. The van der Waals surface area contributed by atoms with Crippen LogP contribution in [0.5, 0.6) is 5.75 Å². The molecule has 0 spiro atoms. The summed E-state index contributed by atoms with van der Waals surface area (Å²) < 4.78 is 18.4. The summed E-state index contributed by atoms with van der Waals surface area (Å²) in [6.07, 6.45) is 4.41. The van der Waals surface area contributed by atoms with E-state index in [1.54, 1.807) is 12.0 Å². The van der Waals surface area contributed by atoms with Crippen LogP contribution in [0.15, 0.2) is 48.5 Å². The Bertz CT molecular complexity index is 918. The van der Waals surface area contributed by atoms with Gasteiger partial charge in [-0.15, -0.1) is 0 Å². The van der Waals surface area contributed by atoms with Crippen molar-refractivity contribution in [3.63, 3.8) is 0 Å². The van der Waals surface area contributed by atoms with Crippen molar-refractivity contribution in [1.29, 1.82) is 0 Å². The molecule has 170 valence electrons. The minimum absolute atomic E-state index is 0.0142. The molecule has 6 nitrogen and oxygen atoms in total. The van der Waals surface area contributed by atoms with Crippen molar-refractivity contribution in [3.05, 3.63) is 59.9 Å². The number of carbonyl (C=O) groups is 2. The van der Waals surface area contributed by atoms with Crippen LogP contribution in [0, 0.1) is 11.7 Å². The van der Waals surface area contributed by atoms with Crippen molar-refractivity contribution in [2.24, 2.45) is 5.92 Å². The van der Waals surface area contributed by atoms with Crippen LogP contribution in [0.25, 0.3) is 0 Å². The molecule has 1 saturated heterocycles. The average molecular weight is 440 g/mol. The molecule has 0 radical (unpaired) electrons. The third kappa shape index (κ3) is 5.10. The number of nitrogens with zero attached hydrogens (tertiary/aromatic N) is 2. The third-order valence-electron chi connectivity index (χ3n) is 6.56. The number of amides is 2. The van der Waals surface area contributed by atoms with Crippen molar-refractivity contribution in [3.8, 4) is 5.75 Å². The zero-order valence-corrected chi connectivity index (χ0v) is 18.4. The van der Waals surface area contributed by atoms with Gasteiger partial charge in [0.05, 0.1) is 13.2 Å². The molecule has 7 heteroatoms. The number of rotatable bonds is 6. The highest BCUT2D eigenvalue weighted by Crippen LogP contribution is 2.32. The molecule has 1 N–H and O–H groups in total. The Labute approximate surface area is 188 Å². The van der Waals surface area contributed by atoms with Gasteiger partial charge in [-0.25, -0.2) is 4.39 Å². The molecule has 1 heterocycles. The third-order valence-corrected chi connectivity index (χ3v) is 6.56. The van der Waals surface area contributed by atoms with Crippen LogP contribution in [0.4, 0.5) is 10.1 Å². The Morgan fingerprint density at radius 3 is 2.19 bits per heavy atom. The highest BCUT2D eigenvalue weighted by atomic mass is 19.1. The lowest BCUT2D eigenvalue weighted by molar-refractivity contribution is -0.123. The number of hydrogen-bond acceptors (Lipinski definition) is 4. The van der Waals surface area contributed by atoms with Crippen LogP contribution >= 0.6 is 0 Å². The number of halogens is 1. The predicted octanol–water partition coefficient (Wildman–Crippen LogP) is 3.79. The lowest BCUT2D eigenvalue weighted by Gasteiger charge is -2.40. The van der Waals surface area contributed by atoms with Crippen molar-refractivity contribution >= 4 is 17.5 Å². The average Bonchev–Trinajstić information content (AvgIpc) is 3.34. The van der Waals surface area contributed by atoms with E-state index in [1.807, 2.05) is 24.3 Å². The van der Waals surface area contributed by atoms with Crippen LogP contribution in [-0.2, 0) is 4.79 Å². The maximum absolute atomic E-state index is 13.3. The molecule has 1 atom stereocenters. The Balaban J connectivity index is 1.41.